The van der Waals surface area contributed by atoms with Gasteiger partial charge >= 0.3 is 5.97 Å². The van der Waals surface area contributed by atoms with E-state index >= 15 is 0 Å². The summed E-state index contributed by atoms with van der Waals surface area (Å²) in [6, 6.07) is 11.7. The largest absolute Gasteiger partial charge is 0.454 e. The van der Waals surface area contributed by atoms with Crippen molar-refractivity contribution >= 4 is 11.9 Å². The highest BCUT2D eigenvalue weighted by atomic mass is 16.5. The van der Waals surface area contributed by atoms with Crippen LogP contribution in [0.15, 0.2) is 36.4 Å². The van der Waals surface area contributed by atoms with E-state index in [4.69, 9.17) is 4.74 Å². The summed E-state index contributed by atoms with van der Waals surface area (Å²) in [4.78, 5) is 26.4. The zero-order valence-electron chi connectivity index (χ0n) is 16.2. The van der Waals surface area contributed by atoms with E-state index in [0.29, 0.717) is 6.54 Å². The number of hydrogen-bond acceptors (Lipinski definition) is 4. The number of carbonyl (C=O) groups excluding carboxylic acids is 2. The van der Waals surface area contributed by atoms with Gasteiger partial charge in [0.1, 0.15) is 6.54 Å². The maximum atomic E-state index is 12.6. The standard InChI is InChI=1S/C20H27N3O3/c1-15-11-16(2)23(21-15)13-19(25)26-14-18(24)22(20(3,4)5)12-17-9-7-6-8-10-17/h6-11H,12-14H2,1-5H3. The van der Waals surface area contributed by atoms with Crippen molar-refractivity contribution in [1.29, 1.82) is 0 Å². The van der Waals surface area contributed by atoms with Crippen molar-refractivity contribution in [2.45, 2.75) is 53.2 Å². The fourth-order valence-electron chi connectivity index (χ4n) is 2.69. The Kier molecular flexibility index (Phi) is 6.18. The van der Waals surface area contributed by atoms with Gasteiger partial charge in [0.25, 0.3) is 5.91 Å². The Morgan fingerprint density at radius 3 is 2.35 bits per heavy atom. The van der Waals surface area contributed by atoms with Crippen LogP contribution in [0.25, 0.3) is 0 Å². The maximum Gasteiger partial charge on any atom is 0.328 e. The number of aromatic nitrogens is 2. The number of benzene rings is 1. The van der Waals surface area contributed by atoms with Crippen LogP contribution in [0.4, 0.5) is 0 Å². The van der Waals surface area contributed by atoms with Crippen LogP contribution in [0.5, 0.6) is 0 Å². The summed E-state index contributed by atoms with van der Waals surface area (Å²) in [6.07, 6.45) is 0. The lowest BCUT2D eigenvalue weighted by molar-refractivity contribution is -0.155. The van der Waals surface area contributed by atoms with Crippen molar-refractivity contribution in [1.82, 2.24) is 14.7 Å². The summed E-state index contributed by atoms with van der Waals surface area (Å²) >= 11 is 0. The molecule has 0 N–H and O–H groups in total. The molecule has 0 aliphatic heterocycles. The zero-order chi connectivity index (χ0) is 19.3. The first kappa shape index (κ1) is 19.7. The molecule has 1 aromatic carbocycles. The molecule has 26 heavy (non-hydrogen) atoms. The maximum absolute atomic E-state index is 12.6. The van der Waals surface area contributed by atoms with Gasteiger partial charge in [0.15, 0.2) is 6.61 Å². The van der Waals surface area contributed by atoms with Gasteiger partial charge in [0, 0.05) is 17.8 Å². The second-order valence-corrected chi connectivity index (χ2v) is 7.38. The lowest BCUT2D eigenvalue weighted by Crippen LogP contribution is -2.47. The van der Waals surface area contributed by atoms with Crippen molar-refractivity contribution in [2.24, 2.45) is 0 Å². The van der Waals surface area contributed by atoms with Crippen molar-refractivity contribution in [2.75, 3.05) is 6.61 Å². The third kappa shape index (κ3) is 5.44. The fourth-order valence-corrected chi connectivity index (χ4v) is 2.69. The summed E-state index contributed by atoms with van der Waals surface area (Å²) in [7, 11) is 0. The average Bonchev–Trinajstić information content (AvgIpc) is 2.87. The van der Waals surface area contributed by atoms with Crippen LogP contribution in [0, 0.1) is 13.8 Å². The normalized spacial score (nSPS) is 11.3. The Morgan fingerprint density at radius 1 is 1.15 bits per heavy atom. The highest BCUT2D eigenvalue weighted by molar-refractivity contribution is 5.81. The average molecular weight is 357 g/mol. The van der Waals surface area contributed by atoms with Crippen LogP contribution in [0.1, 0.15) is 37.7 Å². The number of amides is 1. The summed E-state index contributed by atoms with van der Waals surface area (Å²) in [5.74, 6) is -0.693. The molecule has 140 valence electrons. The van der Waals surface area contributed by atoms with Crippen LogP contribution < -0.4 is 0 Å². The second kappa shape index (κ2) is 8.17. The molecule has 1 aromatic heterocycles. The molecule has 0 radical (unpaired) electrons. The molecular formula is C20H27N3O3. The van der Waals surface area contributed by atoms with Crippen LogP contribution in [0.3, 0.4) is 0 Å². The first-order chi connectivity index (χ1) is 12.2. The molecule has 0 aliphatic rings. The van der Waals surface area contributed by atoms with E-state index in [1.54, 1.807) is 9.58 Å². The van der Waals surface area contributed by atoms with Crippen molar-refractivity contribution < 1.29 is 14.3 Å². The van der Waals surface area contributed by atoms with E-state index in [0.717, 1.165) is 17.0 Å². The molecule has 0 unspecified atom stereocenters. The first-order valence-electron chi connectivity index (χ1n) is 8.68. The third-order valence-corrected chi connectivity index (χ3v) is 4.03. The summed E-state index contributed by atoms with van der Waals surface area (Å²) in [5.41, 5.74) is 2.37. The molecule has 0 aliphatic carbocycles. The Hall–Kier alpha value is -2.63. The summed E-state index contributed by atoms with van der Waals surface area (Å²) in [5, 5.41) is 4.23. The number of carbonyl (C=O) groups is 2. The molecule has 2 aromatic rings. The lowest BCUT2D eigenvalue weighted by Gasteiger charge is -2.35. The molecule has 6 heteroatoms. The number of esters is 1. The molecule has 0 bridgehead atoms. The Bertz CT molecular complexity index is 760. The van der Waals surface area contributed by atoms with Crippen LogP contribution in [0.2, 0.25) is 0 Å². The zero-order valence-corrected chi connectivity index (χ0v) is 16.2. The molecule has 0 saturated heterocycles. The number of hydrogen-bond donors (Lipinski definition) is 0. The van der Waals surface area contributed by atoms with Crippen LogP contribution in [-0.4, -0.2) is 38.7 Å². The van der Waals surface area contributed by atoms with Crippen molar-refractivity contribution in [3.63, 3.8) is 0 Å². The molecule has 2 rings (SSSR count). The molecule has 1 heterocycles. The van der Waals surface area contributed by atoms with Gasteiger partial charge in [0.05, 0.1) is 5.69 Å². The second-order valence-electron chi connectivity index (χ2n) is 7.38. The monoisotopic (exact) mass is 357 g/mol. The Balaban J connectivity index is 1.96. The van der Waals surface area contributed by atoms with Gasteiger partial charge in [-0.25, -0.2) is 0 Å². The molecule has 0 saturated carbocycles. The Labute approximate surface area is 154 Å². The van der Waals surface area contributed by atoms with Gasteiger partial charge in [-0.1, -0.05) is 30.3 Å². The Morgan fingerprint density at radius 2 is 1.81 bits per heavy atom. The molecule has 0 spiro atoms. The topological polar surface area (TPSA) is 64.4 Å². The van der Waals surface area contributed by atoms with E-state index in [2.05, 4.69) is 5.10 Å². The minimum Gasteiger partial charge on any atom is -0.454 e. The molecule has 1 amide bonds. The van der Waals surface area contributed by atoms with Gasteiger partial charge < -0.3 is 9.64 Å². The van der Waals surface area contributed by atoms with E-state index in [9.17, 15) is 9.59 Å². The highest BCUT2D eigenvalue weighted by Gasteiger charge is 2.27. The van der Waals surface area contributed by atoms with Crippen molar-refractivity contribution in [3.05, 3.63) is 53.3 Å². The lowest BCUT2D eigenvalue weighted by atomic mass is 10.0. The van der Waals surface area contributed by atoms with Gasteiger partial charge in [-0.05, 0) is 46.2 Å². The number of nitrogens with zero attached hydrogens (tertiary/aromatic N) is 3. The predicted octanol–water partition coefficient (Wildman–Crippen LogP) is 2.87. The van der Waals surface area contributed by atoms with Gasteiger partial charge in [-0.15, -0.1) is 0 Å². The van der Waals surface area contributed by atoms with Crippen LogP contribution in [-0.2, 0) is 27.4 Å². The van der Waals surface area contributed by atoms with E-state index in [-0.39, 0.29) is 24.6 Å². The summed E-state index contributed by atoms with van der Waals surface area (Å²) in [6.45, 7) is 9.83. The van der Waals surface area contributed by atoms with E-state index < -0.39 is 5.97 Å². The van der Waals surface area contributed by atoms with E-state index in [1.165, 1.54) is 0 Å². The number of rotatable bonds is 6. The van der Waals surface area contributed by atoms with Gasteiger partial charge in [-0.2, -0.15) is 5.10 Å². The molecule has 0 atom stereocenters. The highest BCUT2D eigenvalue weighted by Crippen LogP contribution is 2.18. The predicted molar refractivity (Wildman–Crippen MR) is 99.4 cm³/mol. The van der Waals surface area contributed by atoms with E-state index in [1.807, 2.05) is 71.0 Å². The van der Waals surface area contributed by atoms with Gasteiger partial charge in [-0.3, -0.25) is 14.3 Å². The minimum absolute atomic E-state index is 0.00115. The number of aryl methyl sites for hydroxylation is 2. The molecule has 0 fully saturated rings. The first-order valence-corrected chi connectivity index (χ1v) is 8.68. The summed E-state index contributed by atoms with van der Waals surface area (Å²) < 4.78 is 6.77. The van der Waals surface area contributed by atoms with Gasteiger partial charge in [0.2, 0.25) is 0 Å². The molecule has 6 nitrogen and oxygen atoms in total. The molecular weight excluding hydrogens is 330 g/mol. The quantitative estimate of drug-likeness (QED) is 0.746. The third-order valence-electron chi connectivity index (χ3n) is 4.03. The van der Waals surface area contributed by atoms with Crippen molar-refractivity contribution in [3.8, 4) is 0 Å². The minimum atomic E-state index is -0.474. The van der Waals surface area contributed by atoms with Crippen LogP contribution >= 0.6 is 0 Å². The number of ether oxygens (including phenoxy) is 1. The SMILES string of the molecule is Cc1cc(C)n(CC(=O)OCC(=O)N(Cc2ccccc2)C(C)(C)C)n1. The smallest absolute Gasteiger partial charge is 0.328 e. The fraction of sp³-hybridized carbons (Fsp3) is 0.450.